The summed E-state index contributed by atoms with van der Waals surface area (Å²) in [7, 11) is 0. The summed E-state index contributed by atoms with van der Waals surface area (Å²) in [5.41, 5.74) is 0.790. The van der Waals surface area contributed by atoms with E-state index in [2.05, 4.69) is 15.3 Å². The van der Waals surface area contributed by atoms with Crippen LogP contribution in [0.15, 0.2) is 12.4 Å². The summed E-state index contributed by atoms with van der Waals surface area (Å²) >= 11 is 0. The van der Waals surface area contributed by atoms with Crippen molar-refractivity contribution in [2.75, 3.05) is 19.8 Å². The average Bonchev–Trinajstić information content (AvgIpc) is 2.96. The van der Waals surface area contributed by atoms with Gasteiger partial charge in [0.1, 0.15) is 0 Å². The molecular weight excluding hydrogens is 262 g/mol. The van der Waals surface area contributed by atoms with Crippen molar-refractivity contribution in [3.8, 4) is 0 Å². The SMILES string of the molecule is Cc1cnc(C(=O)OCC(=O)NC[C@H]2CCCO2)cn1. The molecule has 7 heteroatoms. The van der Waals surface area contributed by atoms with Crippen molar-refractivity contribution >= 4 is 11.9 Å². The predicted molar refractivity (Wildman–Crippen MR) is 69.0 cm³/mol. The van der Waals surface area contributed by atoms with E-state index in [0.717, 1.165) is 19.4 Å². The second-order valence-electron chi connectivity index (χ2n) is 4.56. The molecule has 0 bridgehead atoms. The van der Waals surface area contributed by atoms with Gasteiger partial charge in [0.2, 0.25) is 0 Å². The van der Waals surface area contributed by atoms with E-state index in [-0.39, 0.29) is 24.3 Å². The van der Waals surface area contributed by atoms with Crippen LogP contribution in [-0.4, -0.2) is 47.7 Å². The molecule has 7 nitrogen and oxygen atoms in total. The van der Waals surface area contributed by atoms with Crippen molar-refractivity contribution in [2.24, 2.45) is 0 Å². The highest BCUT2D eigenvalue weighted by atomic mass is 16.5. The molecule has 1 saturated heterocycles. The third-order valence-electron chi connectivity index (χ3n) is 2.88. The largest absolute Gasteiger partial charge is 0.451 e. The van der Waals surface area contributed by atoms with Crippen LogP contribution < -0.4 is 5.32 Å². The molecule has 0 aromatic carbocycles. The van der Waals surface area contributed by atoms with Crippen molar-refractivity contribution in [3.63, 3.8) is 0 Å². The van der Waals surface area contributed by atoms with Crippen LogP contribution in [0.4, 0.5) is 0 Å². The Balaban J connectivity index is 1.69. The minimum Gasteiger partial charge on any atom is -0.451 e. The fourth-order valence-electron chi connectivity index (χ4n) is 1.79. The number of nitrogens with zero attached hydrogens (tertiary/aromatic N) is 2. The van der Waals surface area contributed by atoms with Crippen LogP contribution in [0.1, 0.15) is 29.0 Å². The van der Waals surface area contributed by atoms with Gasteiger partial charge in [-0.3, -0.25) is 9.78 Å². The lowest BCUT2D eigenvalue weighted by molar-refractivity contribution is -0.124. The van der Waals surface area contributed by atoms with Crippen LogP contribution >= 0.6 is 0 Å². The van der Waals surface area contributed by atoms with Crippen LogP contribution in [0, 0.1) is 6.92 Å². The molecular formula is C13H17N3O4. The van der Waals surface area contributed by atoms with E-state index in [0.29, 0.717) is 12.2 Å². The molecule has 1 fully saturated rings. The molecule has 1 N–H and O–H groups in total. The molecule has 0 radical (unpaired) electrons. The van der Waals surface area contributed by atoms with Gasteiger partial charge >= 0.3 is 5.97 Å². The molecule has 20 heavy (non-hydrogen) atoms. The van der Waals surface area contributed by atoms with Gasteiger partial charge in [-0.15, -0.1) is 0 Å². The van der Waals surface area contributed by atoms with E-state index in [4.69, 9.17) is 9.47 Å². The molecule has 1 aliphatic heterocycles. The van der Waals surface area contributed by atoms with E-state index >= 15 is 0 Å². The summed E-state index contributed by atoms with van der Waals surface area (Å²) in [5, 5.41) is 2.66. The molecule has 108 valence electrons. The molecule has 0 aliphatic carbocycles. The summed E-state index contributed by atoms with van der Waals surface area (Å²) in [4.78, 5) is 30.9. The summed E-state index contributed by atoms with van der Waals surface area (Å²) in [6, 6.07) is 0. The third-order valence-corrected chi connectivity index (χ3v) is 2.88. The average molecular weight is 279 g/mol. The second kappa shape index (κ2) is 6.95. The monoisotopic (exact) mass is 279 g/mol. The van der Waals surface area contributed by atoms with Crippen LogP contribution in [0.2, 0.25) is 0 Å². The first-order valence-corrected chi connectivity index (χ1v) is 6.49. The topological polar surface area (TPSA) is 90.4 Å². The Labute approximate surface area is 116 Å². The molecule has 1 atom stereocenters. The van der Waals surface area contributed by atoms with Crippen molar-refractivity contribution in [1.29, 1.82) is 0 Å². The number of carbonyl (C=O) groups is 2. The first-order valence-electron chi connectivity index (χ1n) is 6.49. The van der Waals surface area contributed by atoms with E-state index in [1.807, 2.05) is 0 Å². The maximum atomic E-state index is 11.6. The number of hydrogen-bond acceptors (Lipinski definition) is 6. The number of carbonyl (C=O) groups excluding carboxylic acids is 2. The Morgan fingerprint density at radius 1 is 1.45 bits per heavy atom. The van der Waals surface area contributed by atoms with Crippen molar-refractivity contribution in [2.45, 2.75) is 25.9 Å². The van der Waals surface area contributed by atoms with Crippen molar-refractivity contribution < 1.29 is 19.1 Å². The van der Waals surface area contributed by atoms with Gasteiger partial charge in [-0.2, -0.15) is 0 Å². The van der Waals surface area contributed by atoms with Crippen molar-refractivity contribution in [3.05, 3.63) is 23.8 Å². The zero-order valence-corrected chi connectivity index (χ0v) is 11.3. The van der Waals surface area contributed by atoms with Gasteiger partial charge in [-0.25, -0.2) is 9.78 Å². The van der Waals surface area contributed by atoms with Crippen molar-refractivity contribution in [1.82, 2.24) is 15.3 Å². The van der Waals surface area contributed by atoms with Crippen LogP contribution in [-0.2, 0) is 14.3 Å². The number of hydrogen-bond donors (Lipinski definition) is 1. The minimum absolute atomic E-state index is 0.0672. The first-order chi connectivity index (χ1) is 9.65. The number of ether oxygens (including phenoxy) is 2. The maximum Gasteiger partial charge on any atom is 0.359 e. The van der Waals surface area contributed by atoms with Crippen LogP contribution in [0.5, 0.6) is 0 Å². The van der Waals surface area contributed by atoms with Gasteiger partial charge in [0, 0.05) is 19.3 Å². The Morgan fingerprint density at radius 2 is 2.30 bits per heavy atom. The molecule has 0 saturated carbocycles. The van der Waals surface area contributed by atoms with E-state index in [1.165, 1.54) is 12.4 Å². The summed E-state index contributed by atoms with van der Waals surface area (Å²) in [6.07, 6.45) is 4.81. The van der Waals surface area contributed by atoms with Gasteiger partial charge in [-0.1, -0.05) is 0 Å². The highest BCUT2D eigenvalue weighted by molar-refractivity contribution is 5.89. The summed E-state index contributed by atoms with van der Waals surface area (Å²) in [5.74, 6) is -1.02. The summed E-state index contributed by atoms with van der Waals surface area (Å²) in [6.45, 7) is 2.62. The lowest BCUT2D eigenvalue weighted by Gasteiger charge is -2.10. The predicted octanol–water partition coefficient (Wildman–Crippen LogP) is 0.237. The highest BCUT2D eigenvalue weighted by Crippen LogP contribution is 2.10. The normalized spacial score (nSPS) is 17.8. The first kappa shape index (κ1) is 14.4. The number of aromatic nitrogens is 2. The van der Waals surface area contributed by atoms with Gasteiger partial charge in [0.25, 0.3) is 5.91 Å². The molecule has 1 aromatic heterocycles. The van der Waals surface area contributed by atoms with Gasteiger partial charge in [0.15, 0.2) is 12.3 Å². The second-order valence-corrected chi connectivity index (χ2v) is 4.56. The molecule has 1 amide bonds. The van der Waals surface area contributed by atoms with Gasteiger partial charge in [0.05, 0.1) is 18.0 Å². The molecule has 1 aromatic rings. The zero-order chi connectivity index (χ0) is 14.4. The number of aryl methyl sites for hydroxylation is 1. The molecule has 2 heterocycles. The standard InChI is InChI=1S/C13H17N3O4/c1-9-5-15-11(7-14-9)13(18)20-8-12(17)16-6-10-3-2-4-19-10/h5,7,10H,2-4,6,8H2,1H3,(H,16,17)/t10-/m1/s1. The number of nitrogens with one attached hydrogen (secondary N) is 1. The quantitative estimate of drug-likeness (QED) is 0.776. The Bertz CT molecular complexity index is 469. The third kappa shape index (κ3) is 4.27. The number of esters is 1. The Kier molecular flexibility index (Phi) is 5.00. The fraction of sp³-hybridized carbons (Fsp3) is 0.538. The Morgan fingerprint density at radius 3 is 2.95 bits per heavy atom. The van der Waals surface area contributed by atoms with Gasteiger partial charge < -0.3 is 14.8 Å². The number of rotatable bonds is 5. The lowest BCUT2D eigenvalue weighted by Crippen LogP contribution is -2.34. The highest BCUT2D eigenvalue weighted by Gasteiger charge is 2.17. The fourth-order valence-corrected chi connectivity index (χ4v) is 1.79. The zero-order valence-electron chi connectivity index (χ0n) is 11.3. The van der Waals surface area contributed by atoms with E-state index in [1.54, 1.807) is 6.92 Å². The minimum atomic E-state index is -0.662. The molecule has 0 unspecified atom stereocenters. The summed E-state index contributed by atoms with van der Waals surface area (Å²) < 4.78 is 10.2. The van der Waals surface area contributed by atoms with Gasteiger partial charge in [-0.05, 0) is 19.8 Å². The smallest absolute Gasteiger partial charge is 0.359 e. The molecule has 2 rings (SSSR count). The Hall–Kier alpha value is -2.02. The maximum absolute atomic E-state index is 11.6. The molecule has 0 spiro atoms. The number of amides is 1. The van der Waals surface area contributed by atoms with E-state index < -0.39 is 5.97 Å². The van der Waals surface area contributed by atoms with Crippen LogP contribution in [0.25, 0.3) is 0 Å². The van der Waals surface area contributed by atoms with Crippen LogP contribution in [0.3, 0.4) is 0 Å². The lowest BCUT2D eigenvalue weighted by atomic mass is 10.2. The van der Waals surface area contributed by atoms with E-state index in [9.17, 15) is 9.59 Å². The molecule has 1 aliphatic rings.